The molecular formula is C13H21N3O. The number of hydrogen-bond acceptors (Lipinski definition) is 3. The predicted molar refractivity (Wildman–Crippen MR) is 65.2 cm³/mol. The molecule has 1 atom stereocenters. The number of piperidine rings is 1. The van der Waals surface area contributed by atoms with E-state index in [1.807, 2.05) is 11.9 Å². The second-order valence-corrected chi connectivity index (χ2v) is 5.52. The number of carbonyl (C=O) groups excluding carboxylic acids is 1. The average molecular weight is 235 g/mol. The fourth-order valence-electron chi connectivity index (χ4n) is 2.86. The molecule has 0 spiro atoms. The Morgan fingerprint density at radius 2 is 2.18 bits per heavy atom. The van der Waals surface area contributed by atoms with Crippen molar-refractivity contribution >= 4 is 5.91 Å². The SMILES string of the molecule is CN1CCCC(N(C)C(=O)C2(C#N)CCC2)C1. The van der Waals surface area contributed by atoms with Crippen molar-refractivity contribution in [1.29, 1.82) is 5.26 Å². The molecule has 1 saturated heterocycles. The minimum Gasteiger partial charge on any atom is -0.340 e. The summed E-state index contributed by atoms with van der Waals surface area (Å²) < 4.78 is 0. The van der Waals surface area contributed by atoms with Gasteiger partial charge < -0.3 is 9.80 Å². The lowest BCUT2D eigenvalue weighted by Gasteiger charge is -2.42. The third-order valence-electron chi connectivity index (χ3n) is 4.30. The molecule has 0 bridgehead atoms. The van der Waals surface area contributed by atoms with Gasteiger partial charge >= 0.3 is 0 Å². The predicted octanol–water partition coefficient (Wildman–Crippen LogP) is 1.23. The van der Waals surface area contributed by atoms with Gasteiger partial charge in [0.15, 0.2) is 0 Å². The lowest BCUT2D eigenvalue weighted by Crippen LogP contribution is -2.53. The fourth-order valence-corrected chi connectivity index (χ4v) is 2.86. The van der Waals surface area contributed by atoms with Crippen molar-refractivity contribution in [3.8, 4) is 6.07 Å². The van der Waals surface area contributed by atoms with Crippen LogP contribution in [-0.4, -0.2) is 48.9 Å². The van der Waals surface area contributed by atoms with Gasteiger partial charge in [-0.2, -0.15) is 5.26 Å². The number of likely N-dealkylation sites (N-methyl/N-ethyl adjacent to an activating group) is 2. The molecule has 1 unspecified atom stereocenters. The molecular weight excluding hydrogens is 214 g/mol. The summed E-state index contributed by atoms with van der Waals surface area (Å²) in [5.74, 6) is 0.0477. The zero-order valence-electron chi connectivity index (χ0n) is 10.8. The highest BCUT2D eigenvalue weighted by atomic mass is 16.2. The van der Waals surface area contributed by atoms with Crippen LogP contribution in [-0.2, 0) is 4.79 Å². The maximum Gasteiger partial charge on any atom is 0.243 e. The standard InChI is InChI=1S/C13H21N3O/c1-15-8-3-5-11(9-15)16(2)12(17)13(10-14)6-4-7-13/h11H,3-9H2,1-2H3. The Labute approximate surface area is 103 Å². The van der Waals surface area contributed by atoms with E-state index < -0.39 is 5.41 Å². The lowest BCUT2D eigenvalue weighted by molar-refractivity contribution is -0.144. The third kappa shape index (κ3) is 2.16. The molecule has 4 nitrogen and oxygen atoms in total. The number of nitrogens with zero attached hydrogens (tertiary/aromatic N) is 3. The summed E-state index contributed by atoms with van der Waals surface area (Å²) in [7, 11) is 3.96. The molecule has 2 rings (SSSR count). The number of amides is 1. The number of likely N-dealkylation sites (tertiary alicyclic amines) is 1. The van der Waals surface area contributed by atoms with Crippen LogP contribution in [0.3, 0.4) is 0 Å². The molecule has 94 valence electrons. The van der Waals surface area contributed by atoms with E-state index in [1.165, 1.54) is 0 Å². The molecule has 1 heterocycles. The van der Waals surface area contributed by atoms with E-state index in [4.69, 9.17) is 0 Å². The van der Waals surface area contributed by atoms with Crippen LogP contribution in [0.2, 0.25) is 0 Å². The van der Waals surface area contributed by atoms with Gasteiger partial charge in [-0.25, -0.2) is 0 Å². The van der Waals surface area contributed by atoms with Crippen LogP contribution >= 0.6 is 0 Å². The van der Waals surface area contributed by atoms with E-state index >= 15 is 0 Å². The van der Waals surface area contributed by atoms with Crippen molar-refractivity contribution in [2.45, 2.75) is 38.1 Å². The minimum absolute atomic E-state index is 0.0477. The second-order valence-electron chi connectivity index (χ2n) is 5.52. The first-order valence-corrected chi connectivity index (χ1v) is 6.46. The molecule has 0 aromatic heterocycles. The zero-order valence-corrected chi connectivity index (χ0v) is 10.8. The van der Waals surface area contributed by atoms with Crippen LogP contribution in [0.5, 0.6) is 0 Å². The Morgan fingerprint density at radius 3 is 2.65 bits per heavy atom. The molecule has 2 aliphatic rings. The number of hydrogen-bond donors (Lipinski definition) is 0. The van der Waals surface area contributed by atoms with Gasteiger partial charge in [-0.15, -0.1) is 0 Å². The van der Waals surface area contributed by atoms with Crippen molar-refractivity contribution in [2.75, 3.05) is 27.2 Å². The number of carbonyl (C=O) groups is 1. The zero-order chi connectivity index (χ0) is 12.5. The van der Waals surface area contributed by atoms with Crippen LogP contribution in [0.1, 0.15) is 32.1 Å². The van der Waals surface area contributed by atoms with Gasteiger partial charge in [0.05, 0.1) is 6.07 Å². The van der Waals surface area contributed by atoms with Crippen LogP contribution in [0.25, 0.3) is 0 Å². The van der Waals surface area contributed by atoms with Gasteiger partial charge in [0.2, 0.25) is 5.91 Å². The molecule has 1 aliphatic heterocycles. The summed E-state index contributed by atoms with van der Waals surface area (Å²) in [6.07, 6.45) is 4.70. The van der Waals surface area contributed by atoms with E-state index in [-0.39, 0.29) is 11.9 Å². The third-order valence-corrected chi connectivity index (χ3v) is 4.30. The molecule has 1 amide bonds. The first-order valence-electron chi connectivity index (χ1n) is 6.46. The van der Waals surface area contributed by atoms with Crippen LogP contribution in [0.4, 0.5) is 0 Å². The van der Waals surface area contributed by atoms with Crippen molar-refractivity contribution in [2.24, 2.45) is 5.41 Å². The highest BCUT2D eigenvalue weighted by Crippen LogP contribution is 2.42. The first kappa shape index (κ1) is 12.4. The monoisotopic (exact) mass is 235 g/mol. The molecule has 0 aromatic rings. The maximum absolute atomic E-state index is 12.4. The quantitative estimate of drug-likeness (QED) is 0.723. The summed E-state index contributed by atoms with van der Waals surface area (Å²) in [4.78, 5) is 16.5. The van der Waals surface area contributed by atoms with Gasteiger partial charge in [0.25, 0.3) is 0 Å². The topological polar surface area (TPSA) is 47.3 Å². The summed E-state index contributed by atoms with van der Waals surface area (Å²) in [5, 5.41) is 9.20. The Balaban J connectivity index is 2.02. The van der Waals surface area contributed by atoms with Crippen molar-refractivity contribution in [1.82, 2.24) is 9.80 Å². The Bertz CT molecular complexity index is 343. The van der Waals surface area contributed by atoms with Gasteiger partial charge in [0, 0.05) is 19.6 Å². The highest BCUT2D eigenvalue weighted by molar-refractivity contribution is 5.86. The average Bonchev–Trinajstić information content (AvgIpc) is 2.27. The molecule has 0 radical (unpaired) electrons. The number of rotatable bonds is 2. The van der Waals surface area contributed by atoms with E-state index in [1.54, 1.807) is 0 Å². The second kappa shape index (κ2) is 4.66. The molecule has 2 fully saturated rings. The minimum atomic E-state index is -0.690. The van der Waals surface area contributed by atoms with Gasteiger partial charge in [-0.05, 0) is 45.7 Å². The van der Waals surface area contributed by atoms with E-state index in [0.717, 1.165) is 45.2 Å². The Morgan fingerprint density at radius 1 is 1.47 bits per heavy atom. The molecule has 17 heavy (non-hydrogen) atoms. The Hall–Kier alpha value is -1.08. The summed E-state index contributed by atoms with van der Waals surface area (Å²) in [5.41, 5.74) is -0.690. The van der Waals surface area contributed by atoms with Gasteiger partial charge in [0.1, 0.15) is 5.41 Å². The van der Waals surface area contributed by atoms with Crippen molar-refractivity contribution in [3.05, 3.63) is 0 Å². The molecule has 4 heteroatoms. The van der Waals surface area contributed by atoms with E-state index in [0.29, 0.717) is 0 Å². The molecule has 1 aliphatic carbocycles. The van der Waals surface area contributed by atoms with Crippen LogP contribution in [0, 0.1) is 16.7 Å². The highest BCUT2D eigenvalue weighted by Gasteiger charge is 2.47. The molecule has 0 aromatic carbocycles. The van der Waals surface area contributed by atoms with Gasteiger partial charge in [-0.3, -0.25) is 4.79 Å². The molecule has 0 N–H and O–H groups in total. The van der Waals surface area contributed by atoms with Crippen LogP contribution < -0.4 is 0 Å². The lowest BCUT2D eigenvalue weighted by atomic mass is 9.69. The largest absolute Gasteiger partial charge is 0.340 e. The summed E-state index contributed by atoms with van der Waals surface area (Å²) >= 11 is 0. The van der Waals surface area contributed by atoms with E-state index in [2.05, 4.69) is 18.0 Å². The van der Waals surface area contributed by atoms with Crippen molar-refractivity contribution < 1.29 is 4.79 Å². The maximum atomic E-state index is 12.4. The fraction of sp³-hybridized carbons (Fsp3) is 0.846. The van der Waals surface area contributed by atoms with Crippen LogP contribution in [0.15, 0.2) is 0 Å². The summed E-state index contributed by atoms with van der Waals surface area (Å²) in [6, 6.07) is 2.53. The first-order chi connectivity index (χ1) is 8.09. The Kier molecular flexibility index (Phi) is 3.39. The smallest absolute Gasteiger partial charge is 0.243 e. The molecule has 1 saturated carbocycles. The van der Waals surface area contributed by atoms with Crippen molar-refractivity contribution in [3.63, 3.8) is 0 Å². The normalized spacial score (nSPS) is 27.9. The summed E-state index contributed by atoms with van der Waals surface area (Å²) in [6.45, 7) is 2.05. The number of nitriles is 1. The van der Waals surface area contributed by atoms with E-state index in [9.17, 15) is 10.1 Å². The van der Waals surface area contributed by atoms with Gasteiger partial charge in [-0.1, -0.05) is 0 Å².